The Morgan fingerprint density at radius 1 is 1.16 bits per heavy atom. The average Bonchev–Trinajstić information content (AvgIpc) is 2.78. The number of carbonyl (C=O) groups is 1. The molecule has 0 spiro atoms. The van der Waals surface area contributed by atoms with Crippen LogP contribution in [0.5, 0.6) is 0 Å². The zero-order chi connectivity index (χ0) is 18.2. The summed E-state index contributed by atoms with van der Waals surface area (Å²) >= 11 is 0. The molecule has 3 atom stereocenters. The summed E-state index contributed by atoms with van der Waals surface area (Å²) < 4.78 is 5.63. The van der Waals surface area contributed by atoms with Gasteiger partial charge in [-0.3, -0.25) is 0 Å². The van der Waals surface area contributed by atoms with Crippen LogP contribution in [0.15, 0.2) is 24.3 Å². The maximum absolute atomic E-state index is 12.6. The number of fused-ring (bicyclic) bond motifs is 2. The molecule has 2 heterocycles. The number of hydrogen-bond donors (Lipinski definition) is 1. The number of anilines is 1. The van der Waals surface area contributed by atoms with Crippen LogP contribution in [0, 0.1) is 0 Å². The molecule has 25 heavy (non-hydrogen) atoms. The Kier molecular flexibility index (Phi) is 4.99. The van der Waals surface area contributed by atoms with Crippen LogP contribution < -0.4 is 5.32 Å². The third kappa shape index (κ3) is 4.10. The number of nitrogens with zero attached hydrogens (tertiary/aromatic N) is 1. The molecule has 2 aliphatic heterocycles. The molecule has 2 saturated heterocycles. The third-order valence-corrected chi connectivity index (χ3v) is 5.28. The highest BCUT2D eigenvalue weighted by Gasteiger charge is 2.44. The van der Waals surface area contributed by atoms with Crippen molar-refractivity contribution in [1.82, 2.24) is 4.90 Å². The molecule has 0 aromatic heterocycles. The van der Waals surface area contributed by atoms with E-state index in [1.807, 2.05) is 25.7 Å². The van der Waals surface area contributed by atoms with Gasteiger partial charge in [0.2, 0.25) is 0 Å². The van der Waals surface area contributed by atoms with Crippen molar-refractivity contribution in [2.45, 2.75) is 89.9 Å². The van der Waals surface area contributed by atoms with E-state index >= 15 is 0 Å². The monoisotopic (exact) mass is 344 g/mol. The molecule has 4 nitrogen and oxygen atoms in total. The van der Waals surface area contributed by atoms with Gasteiger partial charge in [-0.15, -0.1) is 0 Å². The first kappa shape index (κ1) is 18.1. The standard InChI is InChI=1S/C21H32N2O2/c1-14(2)18-8-6-7-9-19(18)22-15-12-16-10-11-17(13-15)23(16)20(24)25-21(3,4)5/h6-9,14-17,22H,10-13H2,1-5H3/t15-,16+,17-. The summed E-state index contributed by atoms with van der Waals surface area (Å²) in [7, 11) is 0. The Balaban J connectivity index is 1.67. The van der Waals surface area contributed by atoms with Crippen molar-refractivity contribution in [2.24, 2.45) is 0 Å². The van der Waals surface area contributed by atoms with Gasteiger partial charge in [0.1, 0.15) is 5.60 Å². The fourth-order valence-electron chi connectivity index (χ4n) is 4.26. The van der Waals surface area contributed by atoms with Crippen LogP contribution in [-0.2, 0) is 4.74 Å². The lowest BCUT2D eigenvalue weighted by Crippen LogP contribution is -2.51. The van der Waals surface area contributed by atoms with Crippen LogP contribution in [-0.4, -0.2) is 34.7 Å². The van der Waals surface area contributed by atoms with E-state index in [0.717, 1.165) is 25.7 Å². The van der Waals surface area contributed by atoms with Gasteiger partial charge in [-0.25, -0.2) is 4.79 Å². The molecule has 0 unspecified atom stereocenters. The number of nitrogens with one attached hydrogen (secondary N) is 1. The fraction of sp³-hybridized carbons (Fsp3) is 0.667. The van der Waals surface area contributed by atoms with Crippen molar-refractivity contribution in [3.8, 4) is 0 Å². The van der Waals surface area contributed by atoms with Crippen LogP contribution in [0.1, 0.15) is 71.8 Å². The van der Waals surface area contributed by atoms with Gasteiger partial charge in [0.15, 0.2) is 0 Å². The summed E-state index contributed by atoms with van der Waals surface area (Å²) in [6.45, 7) is 10.3. The number of ether oxygens (including phenoxy) is 1. The van der Waals surface area contributed by atoms with Crippen LogP contribution in [0.4, 0.5) is 10.5 Å². The lowest BCUT2D eigenvalue weighted by Gasteiger charge is -2.40. The molecule has 0 radical (unpaired) electrons. The molecule has 1 aromatic rings. The van der Waals surface area contributed by atoms with E-state index in [2.05, 4.69) is 43.4 Å². The Morgan fingerprint density at radius 2 is 1.76 bits per heavy atom. The minimum atomic E-state index is -0.429. The minimum absolute atomic E-state index is 0.138. The van der Waals surface area contributed by atoms with Gasteiger partial charge in [-0.2, -0.15) is 0 Å². The van der Waals surface area contributed by atoms with E-state index in [1.165, 1.54) is 11.3 Å². The van der Waals surface area contributed by atoms with Crippen molar-refractivity contribution >= 4 is 11.8 Å². The summed E-state index contributed by atoms with van der Waals surface area (Å²) in [5, 5.41) is 3.76. The molecule has 2 fully saturated rings. The molecule has 138 valence electrons. The number of para-hydroxylation sites is 1. The normalized spacial score (nSPS) is 26.0. The van der Waals surface area contributed by atoms with E-state index in [4.69, 9.17) is 4.74 Å². The van der Waals surface area contributed by atoms with Gasteiger partial charge < -0.3 is 15.0 Å². The molecule has 2 aliphatic rings. The molecule has 1 N–H and O–H groups in total. The maximum atomic E-state index is 12.6. The van der Waals surface area contributed by atoms with E-state index < -0.39 is 5.60 Å². The average molecular weight is 344 g/mol. The second-order valence-corrected chi connectivity index (χ2v) is 8.83. The van der Waals surface area contributed by atoms with E-state index in [-0.39, 0.29) is 6.09 Å². The molecule has 4 heteroatoms. The first-order valence-corrected chi connectivity index (χ1v) is 9.61. The van der Waals surface area contributed by atoms with Crippen LogP contribution >= 0.6 is 0 Å². The van der Waals surface area contributed by atoms with Crippen molar-refractivity contribution < 1.29 is 9.53 Å². The molecule has 0 saturated carbocycles. The first-order valence-electron chi connectivity index (χ1n) is 9.61. The molecule has 1 amide bonds. The van der Waals surface area contributed by atoms with Gasteiger partial charge in [-0.1, -0.05) is 32.0 Å². The highest BCUT2D eigenvalue weighted by molar-refractivity contribution is 5.70. The smallest absolute Gasteiger partial charge is 0.410 e. The SMILES string of the molecule is CC(C)c1ccccc1N[C@H]1C[C@H]2CC[C@@H](C1)N2C(=O)OC(C)(C)C. The Hall–Kier alpha value is -1.71. The number of benzene rings is 1. The zero-order valence-electron chi connectivity index (χ0n) is 16.2. The first-order chi connectivity index (χ1) is 11.7. The predicted octanol–water partition coefficient (Wildman–Crippen LogP) is 5.15. The van der Waals surface area contributed by atoms with Crippen LogP contribution in [0.3, 0.4) is 0 Å². The Morgan fingerprint density at radius 3 is 2.32 bits per heavy atom. The number of hydrogen-bond acceptors (Lipinski definition) is 3. The quantitative estimate of drug-likeness (QED) is 0.824. The largest absolute Gasteiger partial charge is 0.444 e. The van der Waals surface area contributed by atoms with E-state index in [1.54, 1.807) is 0 Å². The second-order valence-electron chi connectivity index (χ2n) is 8.83. The van der Waals surface area contributed by atoms with Crippen LogP contribution in [0.2, 0.25) is 0 Å². The molecule has 2 bridgehead atoms. The van der Waals surface area contributed by atoms with Crippen molar-refractivity contribution in [3.63, 3.8) is 0 Å². The van der Waals surface area contributed by atoms with Gasteiger partial charge in [0, 0.05) is 23.8 Å². The summed E-state index contributed by atoms with van der Waals surface area (Å²) in [5.74, 6) is 0.502. The predicted molar refractivity (Wildman–Crippen MR) is 102 cm³/mol. The fourth-order valence-corrected chi connectivity index (χ4v) is 4.26. The van der Waals surface area contributed by atoms with Crippen molar-refractivity contribution in [2.75, 3.05) is 5.32 Å². The number of piperidine rings is 1. The summed E-state index contributed by atoms with van der Waals surface area (Å²) in [4.78, 5) is 14.6. The van der Waals surface area contributed by atoms with E-state index in [9.17, 15) is 4.79 Å². The summed E-state index contributed by atoms with van der Waals surface area (Å²) in [6.07, 6.45) is 4.05. The van der Waals surface area contributed by atoms with Gasteiger partial charge in [0.25, 0.3) is 0 Å². The second kappa shape index (κ2) is 6.89. The third-order valence-electron chi connectivity index (χ3n) is 5.28. The van der Waals surface area contributed by atoms with Gasteiger partial charge >= 0.3 is 6.09 Å². The molecule has 3 rings (SSSR count). The molecular weight excluding hydrogens is 312 g/mol. The lowest BCUT2D eigenvalue weighted by atomic mass is 9.95. The topological polar surface area (TPSA) is 41.6 Å². The van der Waals surface area contributed by atoms with Gasteiger partial charge in [0.05, 0.1) is 0 Å². The van der Waals surface area contributed by atoms with Crippen molar-refractivity contribution in [3.05, 3.63) is 29.8 Å². The van der Waals surface area contributed by atoms with Crippen molar-refractivity contribution in [1.29, 1.82) is 0 Å². The van der Waals surface area contributed by atoms with Crippen LogP contribution in [0.25, 0.3) is 0 Å². The summed E-state index contributed by atoms with van der Waals surface area (Å²) in [6, 6.07) is 9.62. The maximum Gasteiger partial charge on any atom is 0.410 e. The zero-order valence-corrected chi connectivity index (χ0v) is 16.2. The highest BCUT2D eigenvalue weighted by Crippen LogP contribution is 2.38. The lowest BCUT2D eigenvalue weighted by molar-refractivity contribution is 0.00683. The summed E-state index contributed by atoms with van der Waals surface area (Å²) in [5.41, 5.74) is 2.18. The Labute approximate surface area is 151 Å². The highest BCUT2D eigenvalue weighted by atomic mass is 16.6. The minimum Gasteiger partial charge on any atom is -0.444 e. The van der Waals surface area contributed by atoms with Gasteiger partial charge in [-0.05, 0) is 64.0 Å². The Bertz CT molecular complexity index is 607. The number of rotatable bonds is 3. The number of amides is 1. The molecule has 0 aliphatic carbocycles. The number of carbonyl (C=O) groups excluding carboxylic acids is 1. The molecular formula is C21H32N2O2. The molecule has 1 aromatic carbocycles. The van der Waals surface area contributed by atoms with E-state index in [0.29, 0.717) is 24.0 Å².